The summed E-state index contributed by atoms with van der Waals surface area (Å²) in [5.74, 6) is -1.14. The van der Waals surface area contributed by atoms with E-state index in [0.29, 0.717) is 5.56 Å². The summed E-state index contributed by atoms with van der Waals surface area (Å²) in [7, 11) is 1.29. The highest BCUT2D eigenvalue weighted by Crippen LogP contribution is 2.43. The van der Waals surface area contributed by atoms with E-state index in [1.165, 1.54) is 31.3 Å². The van der Waals surface area contributed by atoms with Crippen LogP contribution < -0.4 is 9.64 Å². The smallest absolute Gasteiger partial charge is 0.351 e. The van der Waals surface area contributed by atoms with Gasteiger partial charge in [0.05, 0.1) is 7.11 Å². The van der Waals surface area contributed by atoms with E-state index in [0.717, 1.165) is 67.5 Å². The number of methoxy groups -OCH3 is 1. The molecule has 194 valence electrons. The number of carboxylic acid groups (broad SMARTS) is 1. The lowest BCUT2D eigenvalue weighted by Crippen LogP contribution is -2.45. The molecule has 36 heavy (non-hydrogen) atoms. The van der Waals surface area contributed by atoms with E-state index in [4.69, 9.17) is 14.6 Å². The third kappa shape index (κ3) is 5.75. The second-order valence-electron chi connectivity index (χ2n) is 9.77. The highest BCUT2D eigenvalue weighted by molar-refractivity contribution is 7.18. The van der Waals surface area contributed by atoms with Gasteiger partial charge in [-0.15, -0.1) is 11.3 Å². The second-order valence-corrected chi connectivity index (χ2v) is 10.8. The molecule has 2 aromatic rings. The van der Waals surface area contributed by atoms with Crippen LogP contribution in [0.1, 0.15) is 79.4 Å². The van der Waals surface area contributed by atoms with Crippen LogP contribution in [-0.4, -0.2) is 42.7 Å². The van der Waals surface area contributed by atoms with Crippen LogP contribution >= 0.6 is 11.3 Å². The molecule has 1 amide bonds. The van der Waals surface area contributed by atoms with E-state index in [9.17, 15) is 14.4 Å². The van der Waals surface area contributed by atoms with Crippen molar-refractivity contribution in [3.05, 3.63) is 34.7 Å². The van der Waals surface area contributed by atoms with Crippen LogP contribution in [0.2, 0.25) is 0 Å². The SMILES string of the molecule is COC(=O)c1sc(-c2cccc(N(C(=O)C3CCCCC3)C3CCCCC3)c2)c(C)c1OCC(=O)O. The summed E-state index contributed by atoms with van der Waals surface area (Å²) in [6.45, 7) is 1.26. The van der Waals surface area contributed by atoms with Crippen molar-refractivity contribution >= 4 is 34.9 Å². The fraction of sp³-hybridized carbons (Fsp3) is 0.536. The van der Waals surface area contributed by atoms with Crippen LogP contribution in [0.15, 0.2) is 24.3 Å². The molecule has 2 aliphatic carbocycles. The molecule has 0 aliphatic heterocycles. The Labute approximate surface area is 216 Å². The van der Waals surface area contributed by atoms with Crippen molar-refractivity contribution in [3.8, 4) is 16.2 Å². The highest BCUT2D eigenvalue weighted by Gasteiger charge is 2.33. The Bertz CT molecular complexity index is 1100. The highest BCUT2D eigenvalue weighted by atomic mass is 32.1. The van der Waals surface area contributed by atoms with Gasteiger partial charge in [-0.05, 0) is 50.3 Å². The van der Waals surface area contributed by atoms with E-state index < -0.39 is 18.5 Å². The molecule has 7 nitrogen and oxygen atoms in total. The number of carboxylic acids is 1. The van der Waals surface area contributed by atoms with E-state index in [-0.39, 0.29) is 28.5 Å². The Morgan fingerprint density at radius 3 is 2.33 bits per heavy atom. The number of amides is 1. The summed E-state index contributed by atoms with van der Waals surface area (Å²) in [6.07, 6.45) is 10.8. The van der Waals surface area contributed by atoms with Gasteiger partial charge in [-0.25, -0.2) is 9.59 Å². The zero-order chi connectivity index (χ0) is 25.7. The maximum atomic E-state index is 13.8. The predicted molar refractivity (Wildman–Crippen MR) is 140 cm³/mol. The summed E-state index contributed by atoms with van der Waals surface area (Å²) in [5.41, 5.74) is 2.43. The fourth-order valence-corrected chi connectivity index (χ4v) is 6.68. The predicted octanol–water partition coefficient (Wildman–Crippen LogP) is 6.22. The van der Waals surface area contributed by atoms with E-state index >= 15 is 0 Å². The van der Waals surface area contributed by atoms with Gasteiger partial charge in [0, 0.05) is 28.1 Å². The van der Waals surface area contributed by atoms with Gasteiger partial charge in [0.2, 0.25) is 5.91 Å². The van der Waals surface area contributed by atoms with Crippen molar-refractivity contribution in [1.82, 2.24) is 0 Å². The number of hydrogen-bond donors (Lipinski definition) is 1. The van der Waals surface area contributed by atoms with Gasteiger partial charge < -0.3 is 19.5 Å². The summed E-state index contributed by atoms with van der Waals surface area (Å²) in [5, 5.41) is 9.08. The monoisotopic (exact) mass is 513 g/mol. The topological polar surface area (TPSA) is 93.1 Å². The fourth-order valence-electron chi connectivity index (χ4n) is 5.51. The zero-order valence-corrected chi connectivity index (χ0v) is 21.9. The average Bonchev–Trinajstić information content (AvgIpc) is 3.24. The third-order valence-corrected chi connectivity index (χ3v) is 8.62. The molecular weight excluding hydrogens is 478 g/mol. The molecule has 2 saturated carbocycles. The number of anilines is 1. The molecule has 0 atom stereocenters. The van der Waals surface area contributed by atoms with Crippen molar-refractivity contribution in [1.29, 1.82) is 0 Å². The van der Waals surface area contributed by atoms with Crippen LogP contribution in [0.4, 0.5) is 5.69 Å². The molecule has 1 heterocycles. The first-order valence-electron chi connectivity index (χ1n) is 12.9. The number of carbonyl (C=O) groups is 3. The number of nitrogens with zero attached hydrogens (tertiary/aromatic N) is 1. The summed E-state index contributed by atoms with van der Waals surface area (Å²) < 4.78 is 10.4. The Balaban J connectivity index is 1.72. The number of thiophene rings is 1. The van der Waals surface area contributed by atoms with E-state index in [1.807, 2.05) is 31.2 Å². The van der Waals surface area contributed by atoms with Crippen molar-refractivity contribution in [2.24, 2.45) is 5.92 Å². The molecule has 8 heteroatoms. The first-order chi connectivity index (χ1) is 17.4. The lowest BCUT2D eigenvalue weighted by Gasteiger charge is -2.37. The van der Waals surface area contributed by atoms with Crippen LogP contribution in [0.5, 0.6) is 5.75 Å². The van der Waals surface area contributed by atoms with Gasteiger partial charge in [0.15, 0.2) is 11.5 Å². The van der Waals surface area contributed by atoms with Gasteiger partial charge >= 0.3 is 11.9 Å². The minimum absolute atomic E-state index is 0.0785. The number of carbonyl (C=O) groups excluding carboxylic acids is 2. The minimum Gasteiger partial charge on any atom is -0.480 e. The van der Waals surface area contributed by atoms with Gasteiger partial charge in [0.1, 0.15) is 5.75 Å². The lowest BCUT2D eigenvalue weighted by atomic mass is 9.86. The molecule has 2 fully saturated rings. The van der Waals surface area contributed by atoms with E-state index in [2.05, 4.69) is 4.90 Å². The van der Waals surface area contributed by atoms with Crippen molar-refractivity contribution in [2.45, 2.75) is 77.2 Å². The summed E-state index contributed by atoms with van der Waals surface area (Å²) in [4.78, 5) is 40.5. The van der Waals surface area contributed by atoms with Crippen LogP contribution in [0, 0.1) is 12.8 Å². The molecule has 1 aromatic heterocycles. The number of hydrogen-bond acceptors (Lipinski definition) is 6. The lowest BCUT2D eigenvalue weighted by molar-refractivity contribution is -0.139. The second kappa shape index (κ2) is 11.9. The Kier molecular flexibility index (Phi) is 8.67. The third-order valence-electron chi connectivity index (χ3n) is 7.32. The van der Waals surface area contributed by atoms with Crippen molar-refractivity contribution in [3.63, 3.8) is 0 Å². The first-order valence-corrected chi connectivity index (χ1v) is 13.7. The Morgan fingerprint density at radius 1 is 1.03 bits per heavy atom. The van der Waals surface area contributed by atoms with E-state index in [1.54, 1.807) is 0 Å². The minimum atomic E-state index is -1.12. The molecule has 1 aromatic carbocycles. The zero-order valence-electron chi connectivity index (χ0n) is 21.1. The molecule has 0 saturated heterocycles. The molecule has 0 radical (unpaired) electrons. The summed E-state index contributed by atoms with van der Waals surface area (Å²) in [6, 6.07) is 8.13. The Hall–Kier alpha value is -2.87. The number of ether oxygens (including phenoxy) is 2. The average molecular weight is 514 g/mol. The van der Waals surface area contributed by atoms with Crippen molar-refractivity contribution < 1.29 is 29.0 Å². The maximum absolute atomic E-state index is 13.8. The molecule has 2 aliphatic rings. The maximum Gasteiger partial charge on any atom is 0.351 e. The quantitative estimate of drug-likeness (QED) is 0.421. The summed E-state index contributed by atoms with van der Waals surface area (Å²) >= 11 is 1.22. The first kappa shape index (κ1) is 26.2. The normalized spacial score (nSPS) is 16.9. The van der Waals surface area contributed by atoms with Gasteiger partial charge in [-0.3, -0.25) is 4.79 Å². The Morgan fingerprint density at radius 2 is 1.69 bits per heavy atom. The van der Waals surface area contributed by atoms with Gasteiger partial charge in [-0.2, -0.15) is 0 Å². The van der Waals surface area contributed by atoms with Gasteiger partial charge in [-0.1, -0.05) is 50.7 Å². The van der Waals surface area contributed by atoms with Gasteiger partial charge in [0.25, 0.3) is 0 Å². The molecular formula is C28H35NO6S. The number of benzene rings is 1. The van der Waals surface area contributed by atoms with Crippen molar-refractivity contribution in [2.75, 3.05) is 18.6 Å². The largest absolute Gasteiger partial charge is 0.480 e. The molecule has 4 rings (SSSR count). The number of esters is 1. The molecule has 0 bridgehead atoms. The molecule has 0 unspecified atom stereocenters. The van der Waals surface area contributed by atoms with Crippen LogP contribution in [0.25, 0.3) is 10.4 Å². The van der Waals surface area contributed by atoms with Crippen LogP contribution in [-0.2, 0) is 14.3 Å². The standard InChI is InChI=1S/C28H35NO6S/c1-18-24(35-17-23(30)31)26(28(33)34-2)36-25(18)20-12-9-15-22(16-20)29(21-13-7-4-8-14-21)27(32)19-10-5-3-6-11-19/h9,12,15-16,19,21H,3-8,10-11,13-14,17H2,1-2H3,(H,30,31). The molecule has 0 spiro atoms. The number of rotatable bonds is 8. The molecule has 1 N–H and O–H groups in total. The number of aliphatic carboxylic acids is 1. The van der Waals surface area contributed by atoms with Crippen LogP contribution in [0.3, 0.4) is 0 Å².